The minimum absolute atomic E-state index is 0.158. The first kappa shape index (κ1) is 15.7. The zero-order valence-electron chi connectivity index (χ0n) is 12.4. The standard InChI is InChI=1S/C15H21F2N3O/c1-3-19(4-2)10-5-6-20(9-10)15(21)11-7-14(18)13(17)8-12(11)16/h7-8,10H,3-6,9,18H2,1-2H3. The van der Waals surface area contributed by atoms with Gasteiger partial charge in [0, 0.05) is 25.2 Å². The number of anilines is 1. The van der Waals surface area contributed by atoms with Crippen LogP contribution in [0.25, 0.3) is 0 Å². The minimum Gasteiger partial charge on any atom is -0.396 e. The van der Waals surface area contributed by atoms with Crippen LogP contribution in [-0.4, -0.2) is 47.9 Å². The zero-order valence-corrected chi connectivity index (χ0v) is 12.4. The maximum Gasteiger partial charge on any atom is 0.256 e. The van der Waals surface area contributed by atoms with Gasteiger partial charge in [-0.05, 0) is 25.6 Å². The predicted octanol–water partition coefficient (Wildman–Crippen LogP) is 2.10. The average molecular weight is 297 g/mol. The Bertz CT molecular complexity index is 532. The van der Waals surface area contributed by atoms with Crippen LogP contribution in [0.15, 0.2) is 12.1 Å². The van der Waals surface area contributed by atoms with Gasteiger partial charge in [-0.15, -0.1) is 0 Å². The minimum atomic E-state index is -0.863. The molecular formula is C15H21F2N3O. The lowest BCUT2D eigenvalue weighted by molar-refractivity contribution is 0.0773. The summed E-state index contributed by atoms with van der Waals surface area (Å²) >= 11 is 0. The van der Waals surface area contributed by atoms with Crippen molar-refractivity contribution in [3.63, 3.8) is 0 Å². The molecule has 1 aliphatic rings. The van der Waals surface area contributed by atoms with Gasteiger partial charge in [0.1, 0.15) is 11.6 Å². The first-order valence-corrected chi connectivity index (χ1v) is 7.25. The van der Waals surface area contributed by atoms with Crippen LogP contribution in [0.2, 0.25) is 0 Å². The quantitative estimate of drug-likeness (QED) is 0.866. The second-order valence-electron chi connectivity index (χ2n) is 5.27. The molecule has 1 aliphatic heterocycles. The lowest BCUT2D eigenvalue weighted by atomic mass is 10.1. The molecule has 0 bridgehead atoms. The number of benzene rings is 1. The van der Waals surface area contributed by atoms with E-state index in [1.807, 2.05) is 0 Å². The van der Waals surface area contributed by atoms with Gasteiger partial charge in [-0.3, -0.25) is 9.69 Å². The van der Waals surface area contributed by atoms with Crippen LogP contribution in [0.4, 0.5) is 14.5 Å². The van der Waals surface area contributed by atoms with E-state index in [1.54, 1.807) is 4.90 Å². The van der Waals surface area contributed by atoms with Gasteiger partial charge < -0.3 is 10.6 Å². The Morgan fingerprint density at radius 2 is 2.00 bits per heavy atom. The van der Waals surface area contributed by atoms with Gasteiger partial charge in [0.2, 0.25) is 0 Å². The number of hydrogen-bond acceptors (Lipinski definition) is 3. The molecule has 1 saturated heterocycles. The van der Waals surface area contributed by atoms with Crippen molar-refractivity contribution in [1.82, 2.24) is 9.80 Å². The summed E-state index contributed by atoms with van der Waals surface area (Å²) in [5, 5.41) is 0. The average Bonchev–Trinajstić information content (AvgIpc) is 2.93. The highest BCUT2D eigenvalue weighted by Crippen LogP contribution is 2.22. The van der Waals surface area contributed by atoms with Gasteiger partial charge in [0.05, 0.1) is 11.3 Å². The summed E-state index contributed by atoms with van der Waals surface area (Å²) in [5.74, 6) is -2.13. The second-order valence-corrected chi connectivity index (χ2v) is 5.27. The van der Waals surface area contributed by atoms with E-state index in [9.17, 15) is 13.6 Å². The number of amides is 1. The third-order valence-corrected chi connectivity index (χ3v) is 4.10. The number of carbonyl (C=O) groups excluding carboxylic acids is 1. The first-order chi connectivity index (χ1) is 9.97. The van der Waals surface area contributed by atoms with E-state index in [1.165, 1.54) is 0 Å². The van der Waals surface area contributed by atoms with Crippen LogP contribution < -0.4 is 5.73 Å². The van der Waals surface area contributed by atoms with Gasteiger partial charge >= 0.3 is 0 Å². The van der Waals surface area contributed by atoms with Crippen LogP contribution in [0.3, 0.4) is 0 Å². The number of nitrogens with two attached hydrogens (primary N) is 1. The molecule has 0 aromatic heterocycles. The lowest BCUT2D eigenvalue weighted by Gasteiger charge is -2.26. The van der Waals surface area contributed by atoms with Gasteiger partial charge in [0.15, 0.2) is 0 Å². The molecule has 1 atom stereocenters. The van der Waals surface area contributed by atoms with Crippen LogP contribution >= 0.6 is 0 Å². The smallest absolute Gasteiger partial charge is 0.256 e. The molecule has 2 rings (SSSR count). The molecule has 21 heavy (non-hydrogen) atoms. The van der Waals surface area contributed by atoms with E-state index < -0.39 is 17.5 Å². The number of nitrogens with zero attached hydrogens (tertiary/aromatic N) is 2. The number of likely N-dealkylation sites (tertiary alicyclic amines) is 1. The zero-order chi connectivity index (χ0) is 15.6. The van der Waals surface area contributed by atoms with Crippen molar-refractivity contribution in [3.8, 4) is 0 Å². The molecule has 4 nitrogen and oxygen atoms in total. The molecule has 1 fully saturated rings. The molecular weight excluding hydrogens is 276 g/mol. The molecule has 116 valence electrons. The lowest BCUT2D eigenvalue weighted by Crippen LogP contribution is -2.38. The Balaban J connectivity index is 2.13. The van der Waals surface area contributed by atoms with Crippen LogP contribution in [0.5, 0.6) is 0 Å². The third-order valence-electron chi connectivity index (χ3n) is 4.10. The van der Waals surface area contributed by atoms with Crippen LogP contribution in [0, 0.1) is 11.6 Å². The van der Waals surface area contributed by atoms with Crippen molar-refractivity contribution >= 4 is 11.6 Å². The summed E-state index contributed by atoms with van der Waals surface area (Å²) < 4.78 is 26.9. The van der Waals surface area contributed by atoms with E-state index in [0.29, 0.717) is 25.2 Å². The fourth-order valence-electron chi connectivity index (χ4n) is 2.86. The molecule has 1 unspecified atom stereocenters. The summed E-state index contributed by atoms with van der Waals surface area (Å²) in [6.07, 6.45) is 0.867. The molecule has 1 heterocycles. The van der Waals surface area contributed by atoms with Gasteiger partial charge in [-0.2, -0.15) is 0 Å². The predicted molar refractivity (Wildman–Crippen MR) is 78.0 cm³/mol. The maximum atomic E-state index is 13.8. The molecule has 0 radical (unpaired) electrons. The van der Waals surface area contributed by atoms with Crippen molar-refractivity contribution in [2.75, 3.05) is 31.9 Å². The molecule has 1 aromatic rings. The summed E-state index contributed by atoms with van der Waals surface area (Å²) in [5.41, 5.74) is 5.06. The fourth-order valence-corrected chi connectivity index (χ4v) is 2.86. The molecule has 1 amide bonds. The van der Waals surface area contributed by atoms with E-state index in [-0.39, 0.29) is 11.3 Å². The summed E-state index contributed by atoms with van der Waals surface area (Å²) in [6, 6.07) is 2.04. The van der Waals surface area contributed by atoms with Gasteiger partial charge in [-0.1, -0.05) is 13.8 Å². The molecule has 6 heteroatoms. The largest absolute Gasteiger partial charge is 0.396 e. The Hall–Kier alpha value is -1.69. The molecule has 1 aromatic carbocycles. The number of hydrogen-bond donors (Lipinski definition) is 1. The maximum absolute atomic E-state index is 13.8. The van der Waals surface area contributed by atoms with Crippen molar-refractivity contribution < 1.29 is 13.6 Å². The van der Waals surface area contributed by atoms with Gasteiger partial charge in [-0.25, -0.2) is 8.78 Å². The normalized spacial score (nSPS) is 18.5. The van der Waals surface area contributed by atoms with Crippen molar-refractivity contribution in [3.05, 3.63) is 29.3 Å². The van der Waals surface area contributed by atoms with Crippen molar-refractivity contribution in [2.24, 2.45) is 0 Å². The monoisotopic (exact) mass is 297 g/mol. The first-order valence-electron chi connectivity index (χ1n) is 7.25. The van der Waals surface area contributed by atoms with Crippen molar-refractivity contribution in [2.45, 2.75) is 26.3 Å². The molecule has 0 spiro atoms. The fraction of sp³-hybridized carbons (Fsp3) is 0.533. The third kappa shape index (κ3) is 3.15. The highest BCUT2D eigenvalue weighted by molar-refractivity contribution is 5.95. The van der Waals surface area contributed by atoms with E-state index >= 15 is 0 Å². The molecule has 2 N–H and O–H groups in total. The molecule has 0 aliphatic carbocycles. The van der Waals surface area contributed by atoms with E-state index in [0.717, 1.165) is 25.6 Å². The number of rotatable bonds is 4. The Kier molecular flexibility index (Phi) is 4.77. The number of likely N-dealkylation sites (N-methyl/N-ethyl adjacent to an activating group) is 1. The SMILES string of the molecule is CCN(CC)C1CCN(C(=O)c2cc(N)c(F)cc2F)C1. The Morgan fingerprint density at radius 3 is 2.62 bits per heavy atom. The Morgan fingerprint density at radius 1 is 1.33 bits per heavy atom. The molecule has 0 saturated carbocycles. The summed E-state index contributed by atoms with van der Waals surface area (Å²) in [4.78, 5) is 16.3. The highest BCUT2D eigenvalue weighted by Gasteiger charge is 2.31. The summed E-state index contributed by atoms with van der Waals surface area (Å²) in [6.45, 7) is 7.14. The van der Waals surface area contributed by atoms with Crippen molar-refractivity contribution in [1.29, 1.82) is 0 Å². The highest BCUT2D eigenvalue weighted by atomic mass is 19.1. The number of halogens is 2. The van der Waals surface area contributed by atoms with E-state index in [4.69, 9.17) is 5.73 Å². The number of carbonyl (C=O) groups is 1. The summed E-state index contributed by atoms with van der Waals surface area (Å²) in [7, 11) is 0. The topological polar surface area (TPSA) is 49.6 Å². The number of nitrogen functional groups attached to an aromatic ring is 1. The van der Waals surface area contributed by atoms with Crippen LogP contribution in [-0.2, 0) is 0 Å². The Labute approximate surface area is 123 Å². The second kappa shape index (κ2) is 6.39. The van der Waals surface area contributed by atoms with Crippen LogP contribution in [0.1, 0.15) is 30.6 Å². The van der Waals surface area contributed by atoms with Gasteiger partial charge in [0.25, 0.3) is 5.91 Å². The van der Waals surface area contributed by atoms with E-state index in [2.05, 4.69) is 18.7 Å².